The number of hydrogen-bond acceptors (Lipinski definition) is 3. The van der Waals surface area contributed by atoms with E-state index >= 15 is 0 Å². The summed E-state index contributed by atoms with van der Waals surface area (Å²) in [6, 6.07) is 9.05. The van der Waals surface area contributed by atoms with Gasteiger partial charge in [-0.1, -0.05) is 26.0 Å². The van der Waals surface area contributed by atoms with Crippen LogP contribution in [0.15, 0.2) is 47.7 Å². The smallest absolute Gasteiger partial charge is 0.191 e. The maximum atomic E-state index is 13.5. The zero-order chi connectivity index (χ0) is 19.6. The fourth-order valence-electron chi connectivity index (χ4n) is 3.00. The van der Waals surface area contributed by atoms with Crippen molar-refractivity contribution in [1.82, 2.24) is 15.6 Å². The van der Waals surface area contributed by atoms with E-state index < -0.39 is 0 Å². The number of aliphatic imine (C=N–C) groups is 1. The van der Waals surface area contributed by atoms with Crippen LogP contribution in [0.1, 0.15) is 36.5 Å². The second-order valence-corrected chi connectivity index (χ2v) is 7.66. The fourth-order valence-corrected chi connectivity index (χ4v) is 3.58. The van der Waals surface area contributed by atoms with Crippen molar-refractivity contribution in [3.63, 3.8) is 0 Å². The van der Waals surface area contributed by atoms with E-state index in [9.17, 15) is 4.39 Å². The number of rotatable bonds is 8. The number of benzene rings is 1. The van der Waals surface area contributed by atoms with E-state index in [0.29, 0.717) is 18.4 Å². The Morgan fingerprint density at radius 2 is 2.04 bits per heavy atom. The van der Waals surface area contributed by atoms with E-state index in [1.54, 1.807) is 31.1 Å². The molecular weight excluding hydrogens is 359 g/mol. The zero-order valence-electron chi connectivity index (χ0n) is 16.5. The van der Waals surface area contributed by atoms with Gasteiger partial charge in [0.2, 0.25) is 0 Å². The van der Waals surface area contributed by atoms with Crippen LogP contribution in [0, 0.1) is 11.7 Å². The second-order valence-electron chi connectivity index (χ2n) is 6.79. The molecule has 27 heavy (non-hydrogen) atoms. The highest BCUT2D eigenvalue weighted by molar-refractivity contribution is 7.97. The number of nitrogens with zero attached hydrogens (tertiary/aromatic N) is 2. The van der Waals surface area contributed by atoms with Crippen molar-refractivity contribution in [2.45, 2.75) is 32.1 Å². The lowest BCUT2D eigenvalue weighted by molar-refractivity contribution is 0.487. The van der Waals surface area contributed by atoms with Crippen LogP contribution < -0.4 is 10.6 Å². The molecular formula is C21H29FN4S. The minimum Gasteiger partial charge on any atom is -0.356 e. The van der Waals surface area contributed by atoms with Gasteiger partial charge in [0.25, 0.3) is 0 Å². The summed E-state index contributed by atoms with van der Waals surface area (Å²) in [5, 5.41) is 6.76. The Bertz CT molecular complexity index is 734. The first-order chi connectivity index (χ1) is 13.0. The van der Waals surface area contributed by atoms with Gasteiger partial charge in [0, 0.05) is 44.2 Å². The van der Waals surface area contributed by atoms with Gasteiger partial charge >= 0.3 is 0 Å². The molecule has 0 aliphatic rings. The first-order valence-corrected chi connectivity index (χ1v) is 10.5. The molecule has 1 atom stereocenters. The molecule has 6 heteroatoms. The molecule has 1 heterocycles. The van der Waals surface area contributed by atoms with Gasteiger partial charge in [-0.3, -0.25) is 9.98 Å². The normalized spacial score (nSPS) is 12.9. The van der Waals surface area contributed by atoms with Crippen molar-refractivity contribution < 1.29 is 4.39 Å². The number of thioether (sulfide) groups is 1. The summed E-state index contributed by atoms with van der Waals surface area (Å²) in [6.07, 6.45) is 5.74. The van der Waals surface area contributed by atoms with Gasteiger partial charge in [0.05, 0.1) is 0 Å². The third-order valence-electron chi connectivity index (χ3n) is 4.54. The average Bonchev–Trinajstić information content (AvgIpc) is 2.66. The fraction of sp³-hybridized carbons (Fsp3) is 0.429. The Balaban J connectivity index is 1.98. The van der Waals surface area contributed by atoms with E-state index in [0.717, 1.165) is 29.4 Å². The zero-order valence-corrected chi connectivity index (χ0v) is 17.3. The van der Waals surface area contributed by atoms with Crippen LogP contribution in [0.5, 0.6) is 0 Å². The predicted octanol–water partition coefficient (Wildman–Crippen LogP) is 4.19. The molecule has 0 radical (unpaired) electrons. The van der Waals surface area contributed by atoms with Crippen molar-refractivity contribution in [2.24, 2.45) is 10.9 Å². The molecule has 0 saturated heterocycles. The topological polar surface area (TPSA) is 49.3 Å². The highest BCUT2D eigenvalue weighted by Crippen LogP contribution is 2.22. The molecule has 0 fully saturated rings. The molecule has 146 valence electrons. The van der Waals surface area contributed by atoms with Gasteiger partial charge in [-0.05, 0) is 47.1 Å². The lowest BCUT2D eigenvalue weighted by Gasteiger charge is -2.23. The van der Waals surface area contributed by atoms with Gasteiger partial charge in [0.15, 0.2) is 5.96 Å². The van der Waals surface area contributed by atoms with E-state index in [1.165, 1.54) is 11.6 Å². The Kier molecular flexibility index (Phi) is 8.58. The lowest BCUT2D eigenvalue weighted by Crippen LogP contribution is -2.39. The van der Waals surface area contributed by atoms with Crippen molar-refractivity contribution in [2.75, 3.05) is 19.8 Å². The maximum absolute atomic E-state index is 13.5. The van der Waals surface area contributed by atoms with Crippen molar-refractivity contribution in [3.8, 4) is 0 Å². The Morgan fingerprint density at radius 3 is 2.67 bits per heavy atom. The van der Waals surface area contributed by atoms with E-state index in [4.69, 9.17) is 0 Å². The molecule has 1 aromatic heterocycles. The lowest BCUT2D eigenvalue weighted by atomic mass is 9.89. The Hall–Kier alpha value is -2.08. The van der Waals surface area contributed by atoms with E-state index in [1.807, 2.05) is 24.6 Å². The third kappa shape index (κ3) is 6.54. The predicted molar refractivity (Wildman–Crippen MR) is 114 cm³/mol. The SMILES string of the molecule is CN=C(NCc1ccc(F)cc1CSC)NCC(c1cccnc1)C(C)C. The van der Waals surface area contributed by atoms with Crippen molar-refractivity contribution >= 4 is 17.7 Å². The minimum atomic E-state index is -0.193. The molecule has 2 N–H and O–H groups in total. The number of pyridine rings is 1. The maximum Gasteiger partial charge on any atom is 0.191 e. The monoisotopic (exact) mass is 388 g/mol. The quantitative estimate of drug-likeness (QED) is 0.526. The van der Waals surface area contributed by atoms with Gasteiger partial charge in [0.1, 0.15) is 5.82 Å². The van der Waals surface area contributed by atoms with E-state index in [2.05, 4.69) is 40.5 Å². The van der Waals surface area contributed by atoms with Crippen LogP contribution in [-0.4, -0.2) is 30.8 Å². The van der Waals surface area contributed by atoms with Crippen LogP contribution in [0.2, 0.25) is 0 Å². The van der Waals surface area contributed by atoms with Gasteiger partial charge in [-0.2, -0.15) is 11.8 Å². The summed E-state index contributed by atoms with van der Waals surface area (Å²) in [4.78, 5) is 8.56. The third-order valence-corrected chi connectivity index (χ3v) is 5.14. The molecule has 0 aliphatic heterocycles. The molecule has 1 unspecified atom stereocenters. The average molecular weight is 389 g/mol. The summed E-state index contributed by atoms with van der Waals surface area (Å²) >= 11 is 1.69. The number of hydrogen-bond donors (Lipinski definition) is 2. The first-order valence-electron chi connectivity index (χ1n) is 9.15. The molecule has 0 amide bonds. The first kappa shape index (κ1) is 21.2. The molecule has 0 saturated carbocycles. The summed E-state index contributed by atoms with van der Waals surface area (Å²) < 4.78 is 13.5. The van der Waals surface area contributed by atoms with E-state index in [-0.39, 0.29) is 5.82 Å². The van der Waals surface area contributed by atoms with Crippen LogP contribution in [-0.2, 0) is 12.3 Å². The molecule has 0 bridgehead atoms. The second kappa shape index (κ2) is 10.9. The Morgan fingerprint density at radius 1 is 1.22 bits per heavy atom. The van der Waals surface area contributed by atoms with Crippen LogP contribution >= 0.6 is 11.8 Å². The van der Waals surface area contributed by atoms with Crippen molar-refractivity contribution in [3.05, 3.63) is 65.2 Å². The minimum absolute atomic E-state index is 0.193. The number of aromatic nitrogens is 1. The summed E-state index contributed by atoms with van der Waals surface area (Å²) in [6.45, 7) is 5.80. The van der Waals surface area contributed by atoms with Crippen molar-refractivity contribution in [1.29, 1.82) is 0 Å². The largest absolute Gasteiger partial charge is 0.356 e. The van der Waals surface area contributed by atoms with Crippen LogP contribution in [0.4, 0.5) is 4.39 Å². The highest BCUT2D eigenvalue weighted by atomic mass is 32.2. The summed E-state index contributed by atoms with van der Waals surface area (Å²) in [7, 11) is 1.76. The molecule has 0 spiro atoms. The summed E-state index contributed by atoms with van der Waals surface area (Å²) in [5.41, 5.74) is 3.32. The molecule has 4 nitrogen and oxygen atoms in total. The summed E-state index contributed by atoms with van der Waals surface area (Å²) in [5.74, 6) is 2.16. The highest BCUT2D eigenvalue weighted by Gasteiger charge is 2.16. The molecule has 1 aromatic carbocycles. The number of nitrogens with one attached hydrogen (secondary N) is 2. The van der Waals surface area contributed by atoms with Gasteiger partial charge < -0.3 is 10.6 Å². The van der Waals surface area contributed by atoms with Gasteiger partial charge in [-0.25, -0.2) is 4.39 Å². The standard InChI is InChI=1S/C21H29FN4S/c1-15(2)20(17-6-5-9-24-11-17)13-26-21(23-3)25-12-16-7-8-19(22)10-18(16)14-27-4/h5-11,15,20H,12-14H2,1-4H3,(H2,23,25,26). The van der Waals surface area contributed by atoms with Crippen LogP contribution in [0.25, 0.3) is 0 Å². The Labute approximate surface area is 166 Å². The molecule has 2 rings (SSSR count). The van der Waals surface area contributed by atoms with Gasteiger partial charge in [-0.15, -0.1) is 0 Å². The molecule has 2 aromatic rings. The molecule has 0 aliphatic carbocycles. The number of halogens is 1. The van der Waals surface area contributed by atoms with Crippen LogP contribution in [0.3, 0.4) is 0 Å². The number of guanidine groups is 1.